The normalized spacial score (nSPS) is 12.1. The van der Waals surface area contributed by atoms with Gasteiger partial charge in [0.05, 0.1) is 0 Å². The lowest BCUT2D eigenvalue weighted by molar-refractivity contribution is 1.66. The Hall–Kier alpha value is -5.02. The average molecular weight is 593 g/mol. The van der Waals surface area contributed by atoms with Crippen LogP contribution in [0.25, 0.3) is 94.9 Å². The highest BCUT2D eigenvalue weighted by molar-refractivity contribution is 7.26. The third-order valence-electron chi connectivity index (χ3n) is 9.21. The highest BCUT2D eigenvalue weighted by Crippen LogP contribution is 2.46. The molecule has 0 N–H and O–H groups in total. The molecule has 2 aromatic heterocycles. The molecule has 0 aliphatic rings. The molecule has 0 atom stereocenters. The van der Waals surface area contributed by atoms with E-state index in [1.165, 1.54) is 94.9 Å². The summed E-state index contributed by atoms with van der Waals surface area (Å²) in [5, 5.41) is 13.2. The molecular weight excluding hydrogens is 569 g/mol. The largest absolute Gasteiger partial charge is 0.135 e. The van der Waals surface area contributed by atoms with Gasteiger partial charge in [0.2, 0.25) is 0 Å². The molecule has 0 aliphatic heterocycles. The Morgan fingerprint density at radius 3 is 1.36 bits per heavy atom. The van der Waals surface area contributed by atoms with E-state index in [2.05, 4.69) is 146 Å². The minimum atomic E-state index is 1.25. The molecule has 10 aromatic rings. The predicted octanol–water partition coefficient (Wildman–Crippen LogP) is 13.2. The van der Waals surface area contributed by atoms with E-state index in [1.54, 1.807) is 0 Å². The summed E-state index contributed by atoms with van der Waals surface area (Å²) in [5.41, 5.74) is 5.14. The minimum absolute atomic E-state index is 1.25. The van der Waals surface area contributed by atoms with Crippen molar-refractivity contribution in [3.63, 3.8) is 0 Å². The first-order chi connectivity index (χ1) is 21.8. The molecule has 0 aliphatic carbocycles. The second-order valence-corrected chi connectivity index (χ2v) is 13.8. The second-order valence-electron chi connectivity index (χ2n) is 11.7. The third-order valence-corrected chi connectivity index (χ3v) is 11.5. The fraction of sp³-hybridized carbons (Fsp3) is 0. The molecule has 2 heteroatoms. The average Bonchev–Trinajstić information content (AvgIpc) is 3.62. The first-order valence-corrected chi connectivity index (χ1v) is 16.6. The molecule has 8 aromatic carbocycles. The van der Waals surface area contributed by atoms with Gasteiger partial charge in [0, 0.05) is 40.3 Å². The van der Waals surface area contributed by atoms with Crippen LogP contribution in [0.1, 0.15) is 0 Å². The molecule has 2 heterocycles. The predicted molar refractivity (Wildman–Crippen MR) is 196 cm³/mol. The van der Waals surface area contributed by atoms with Crippen LogP contribution in [0, 0.1) is 0 Å². The summed E-state index contributed by atoms with van der Waals surface area (Å²) >= 11 is 3.79. The Kier molecular flexibility index (Phi) is 5.13. The van der Waals surface area contributed by atoms with Gasteiger partial charge in [-0.1, -0.05) is 103 Å². The summed E-state index contributed by atoms with van der Waals surface area (Å²) in [6.45, 7) is 0. The van der Waals surface area contributed by atoms with E-state index in [1.807, 2.05) is 22.7 Å². The highest BCUT2D eigenvalue weighted by Gasteiger charge is 2.17. The molecule has 0 amide bonds. The first-order valence-electron chi connectivity index (χ1n) is 15.0. The van der Waals surface area contributed by atoms with Crippen molar-refractivity contribution >= 4 is 95.3 Å². The van der Waals surface area contributed by atoms with E-state index in [4.69, 9.17) is 0 Å². The van der Waals surface area contributed by atoms with Crippen LogP contribution in [-0.2, 0) is 0 Å². The first kappa shape index (κ1) is 24.4. The lowest BCUT2D eigenvalue weighted by Crippen LogP contribution is -1.90. The van der Waals surface area contributed by atoms with Gasteiger partial charge in [-0.05, 0) is 97.0 Å². The smallest absolute Gasteiger partial charge is 0.0361 e. The van der Waals surface area contributed by atoms with Crippen molar-refractivity contribution in [1.29, 1.82) is 0 Å². The van der Waals surface area contributed by atoms with Crippen LogP contribution in [0.4, 0.5) is 0 Å². The summed E-state index contributed by atoms with van der Waals surface area (Å²) in [6, 6.07) is 54.2. The Morgan fingerprint density at radius 2 is 0.727 bits per heavy atom. The number of hydrogen-bond acceptors (Lipinski definition) is 2. The maximum atomic E-state index is 2.44. The van der Waals surface area contributed by atoms with Crippen LogP contribution in [0.2, 0.25) is 0 Å². The third kappa shape index (κ3) is 3.50. The maximum Gasteiger partial charge on any atom is 0.0361 e. The van der Waals surface area contributed by atoms with Crippen molar-refractivity contribution in [1.82, 2.24) is 0 Å². The molecule has 204 valence electrons. The fourth-order valence-electron chi connectivity index (χ4n) is 7.25. The lowest BCUT2D eigenvalue weighted by atomic mass is 9.86. The van der Waals surface area contributed by atoms with Gasteiger partial charge in [-0.25, -0.2) is 0 Å². The van der Waals surface area contributed by atoms with Crippen LogP contribution in [-0.4, -0.2) is 0 Å². The zero-order valence-corrected chi connectivity index (χ0v) is 25.3. The van der Waals surface area contributed by atoms with Crippen molar-refractivity contribution in [3.8, 4) is 22.3 Å². The Bertz CT molecular complexity index is 2700. The molecule has 0 radical (unpaired) electrons. The molecule has 0 nitrogen and oxygen atoms in total. The van der Waals surface area contributed by atoms with Crippen molar-refractivity contribution < 1.29 is 0 Å². The van der Waals surface area contributed by atoms with Crippen molar-refractivity contribution in [2.75, 3.05) is 0 Å². The number of rotatable bonds is 2. The Labute approximate surface area is 262 Å². The lowest BCUT2D eigenvalue weighted by Gasteiger charge is -2.17. The van der Waals surface area contributed by atoms with E-state index in [0.29, 0.717) is 0 Å². The van der Waals surface area contributed by atoms with Gasteiger partial charge in [0.15, 0.2) is 0 Å². The molecule has 0 unspecified atom stereocenters. The summed E-state index contributed by atoms with van der Waals surface area (Å²) in [4.78, 5) is 0. The number of benzene rings is 8. The van der Waals surface area contributed by atoms with Gasteiger partial charge in [-0.15, -0.1) is 22.7 Å². The standard InChI is InChI=1S/C42H24S2/c1-2-10-25(11-3-1)41-30-13-4-6-15-32(30)42(33-16-7-5-14-31(33)41)26-18-19-38-35(20-26)36-22-27-21-34-29-12-8-9-17-37(29)43-39(34)23-28(27)24-40(36)44-38/h1-24H. The number of fused-ring (bicyclic) bond motifs is 9. The topological polar surface area (TPSA) is 0 Å². The highest BCUT2D eigenvalue weighted by atomic mass is 32.1. The molecule has 0 saturated carbocycles. The van der Waals surface area contributed by atoms with Crippen molar-refractivity contribution in [2.24, 2.45) is 0 Å². The van der Waals surface area contributed by atoms with E-state index >= 15 is 0 Å². The van der Waals surface area contributed by atoms with Crippen LogP contribution in [0.5, 0.6) is 0 Å². The van der Waals surface area contributed by atoms with E-state index in [-0.39, 0.29) is 0 Å². The van der Waals surface area contributed by atoms with Crippen molar-refractivity contribution in [2.45, 2.75) is 0 Å². The van der Waals surface area contributed by atoms with Gasteiger partial charge < -0.3 is 0 Å². The van der Waals surface area contributed by atoms with E-state index in [9.17, 15) is 0 Å². The van der Waals surface area contributed by atoms with Crippen LogP contribution >= 0.6 is 22.7 Å². The second kappa shape index (κ2) is 9.24. The quantitative estimate of drug-likeness (QED) is 0.175. The van der Waals surface area contributed by atoms with Crippen LogP contribution in [0.15, 0.2) is 146 Å². The molecular formula is C42H24S2. The SMILES string of the molecule is c1ccc(-c2c3ccccc3c(-c3ccc4sc5cc6cc7sc8ccccc8c7cc6cc5c4c3)c3ccccc23)cc1. The molecule has 0 spiro atoms. The Balaban J connectivity index is 1.26. The summed E-state index contributed by atoms with van der Waals surface area (Å²) in [5.74, 6) is 0. The van der Waals surface area contributed by atoms with E-state index in [0.717, 1.165) is 0 Å². The van der Waals surface area contributed by atoms with Gasteiger partial charge in [-0.2, -0.15) is 0 Å². The minimum Gasteiger partial charge on any atom is -0.135 e. The molecule has 10 rings (SSSR count). The zero-order chi connectivity index (χ0) is 28.8. The molecule has 0 fully saturated rings. The van der Waals surface area contributed by atoms with Crippen LogP contribution < -0.4 is 0 Å². The van der Waals surface area contributed by atoms with Gasteiger partial charge >= 0.3 is 0 Å². The maximum absolute atomic E-state index is 2.44. The summed E-state index contributed by atoms with van der Waals surface area (Å²) in [6.07, 6.45) is 0. The van der Waals surface area contributed by atoms with Gasteiger partial charge in [0.25, 0.3) is 0 Å². The molecule has 0 bridgehead atoms. The molecule has 0 saturated heterocycles. The fourth-order valence-corrected chi connectivity index (χ4v) is 9.51. The number of thiophene rings is 2. The van der Waals surface area contributed by atoms with Gasteiger partial charge in [-0.3, -0.25) is 0 Å². The summed E-state index contributed by atoms with van der Waals surface area (Å²) < 4.78 is 5.40. The monoisotopic (exact) mass is 592 g/mol. The summed E-state index contributed by atoms with van der Waals surface area (Å²) in [7, 11) is 0. The van der Waals surface area contributed by atoms with Crippen LogP contribution in [0.3, 0.4) is 0 Å². The van der Waals surface area contributed by atoms with Crippen molar-refractivity contribution in [3.05, 3.63) is 146 Å². The van der Waals surface area contributed by atoms with Gasteiger partial charge in [0.1, 0.15) is 0 Å². The van der Waals surface area contributed by atoms with E-state index < -0.39 is 0 Å². The Morgan fingerprint density at radius 1 is 0.273 bits per heavy atom. The molecule has 44 heavy (non-hydrogen) atoms. The number of hydrogen-bond donors (Lipinski definition) is 0. The zero-order valence-electron chi connectivity index (χ0n) is 23.7.